The fraction of sp³-hybridized carbons (Fsp3) is 0.250. The molecule has 0 N–H and O–H groups in total. The van der Waals surface area contributed by atoms with Crippen LogP contribution in [0.1, 0.15) is 17.0 Å². The second-order valence-corrected chi connectivity index (χ2v) is 3.68. The Bertz CT molecular complexity index is 483. The maximum Gasteiger partial charge on any atom is 0.123 e. The van der Waals surface area contributed by atoms with Gasteiger partial charge in [-0.05, 0) is 50.6 Å². The number of benzene rings is 1. The number of aryl methyl sites for hydroxylation is 1. The molecule has 0 atom stereocenters. The van der Waals surface area contributed by atoms with E-state index >= 15 is 0 Å². The zero-order valence-corrected chi connectivity index (χ0v) is 9.08. The van der Waals surface area contributed by atoms with Crippen LogP contribution in [0.2, 0.25) is 0 Å². The minimum absolute atomic E-state index is 0.225. The summed E-state index contributed by atoms with van der Waals surface area (Å²) >= 11 is 0. The third-order valence-corrected chi connectivity index (χ3v) is 2.72. The van der Waals surface area contributed by atoms with Gasteiger partial charge in [-0.15, -0.1) is 0 Å². The summed E-state index contributed by atoms with van der Waals surface area (Å²) in [4.78, 5) is 0. The molecule has 0 amide bonds. The van der Waals surface area contributed by atoms with Gasteiger partial charge < -0.3 is 0 Å². The van der Waals surface area contributed by atoms with Crippen LogP contribution in [0, 0.1) is 26.6 Å². The molecule has 15 heavy (non-hydrogen) atoms. The van der Waals surface area contributed by atoms with Gasteiger partial charge in [-0.2, -0.15) is 5.10 Å². The summed E-state index contributed by atoms with van der Waals surface area (Å²) in [6.07, 6.45) is 0. The lowest BCUT2D eigenvalue weighted by molar-refractivity contribution is 0.627. The second kappa shape index (κ2) is 3.50. The van der Waals surface area contributed by atoms with Gasteiger partial charge in [0.2, 0.25) is 0 Å². The molecule has 0 spiro atoms. The highest BCUT2D eigenvalue weighted by Crippen LogP contribution is 2.16. The van der Waals surface area contributed by atoms with Crippen molar-refractivity contribution < 1.29 is 4.39 Å². The number of halogens is 1. The maximum absolute atomic E-state index is 12.8. The van der Waals surface area contributed by atoms with Gasteiger partial charge in [0.25, 0.3) is 0 Å². The van der Waals surface area contributed by atoms with Crippen molar-refractivity contribution in [1.82, 2.24) is 9.78 Å². The first kappa shape index (κ1) is 9.90. The van der Waals surface area contributed by atoms with Crippen LogP contribution in [-0.4, -0.2) is 9.78 Å². The lowest BCUT2D eigenvalue weighted by Crippen LogP contribution is -1.98. The number of nitrogens with zero attached hydrogens (tertiary/aromatic N) is 2. The van der Waals surface area contributed by atoms with Crippen LogP contribution >= 0.6 is 0 Å². The Morgan fingerprint density at radius 2 is 1.67 bits per heavy atom. The molecule has 2 nitrogen and oxygen atoms in total. The Labute approximate surface area is 88.4 Å². The van der Waals surface area contributed by atoms with E-state index in [4.69, 9.17) is 0 Å². The molecule has 1 aromatic heterocycles. The molecule has 3 heteroatoms. The second-order valence-electron chi connectivity index (χ2n) is 3.68. The van der Waals surface area contributed by atoms with Gasteiger partial charge in [0.05, 0.1) is 11.4 Å². The monoisotopic (exact) mass is 204 g/mol. The number of aromatic nitrogens is 2. The van der Waals surface area contributed by atoms with Gasteiger partial charge in [0.15, 0.2) is 0 Å². The number of hydrogen-bond acceptors (Lipinski definition) is 1. The van der Waals surface area contributed by atoms with Gasteiger partial charge in [-0.1, -0.05) is 0 Å². The average molecular weight is 204 g/mol. The molecule has 0 fully saturated rings. The van der Waals surface area contributed by atoms with Crippen molar-refractivity contribution >= 4 is 0 Å². The van der Waals surface area contributed by atoms with E-state index in [-0.39, 0.29) is 5.82 Å². The molecule has 0 aliphatic rings. The van der Waals surface area contributed by atoms with E-state index < -0.39 is 0 Å². The molecule has 0 aliphatic heterocycles. The zero-order chi connectivity index (χ0) is 11.0. The maximum atomic E-state index is 12.8. The third-order valence-electron chi connectivity index (χ3n) is 2.72. The summed E-state index contributed by atoms with van der Waals surface area (Å²) < 4.78 is 14.6. The van der Waals surface area contributed by atoms with Crippen LogP contribution in [0.5, 0.6) is 0 Å². The molecule has 0 aliphatic carbocycles. The minimum atomic E-state index is -0.225. The van der Waals surface area contributed by atoms with Crippen molar-refractivity contribution in [2.45, 2.75) is 20.8 Å². The fourth-order valence-electron chi connectivity index (χ4n) is 1.55. The van der Waals surface area contributed by atoms with Gasteiger partial charge in [0, 0.05) is 5.69 Å². The van der Waals surface area contributed by atoms with Crippen LogP contribution in [0.4, 0.5) is 4.39 Å². The summed E-state index contributed by atoms with van der Waals surface area (Å²) in [5, 5.41) is 4.40. The highest BCUT2D eigenvalue weighted by Gasteiger charge is 2.08. The topological polar surface area (TPSA) is 17.8 Å². The van der Waals surface area contributed by atoms with Gasteiger partial charge in [0.1, 0.15) is 5.82 Å². The molecule has 1 heterocycles. The Morgan fingerprint density at radius 3 is 2.13 bits per heavy atom. The number of hydrogen-bond donors (Lipinski definition) is 0. The molecule has 0 saturated carbocycles. The molecule has 0 bridgehead atoms. The van der Waals surface area contributed by atoms with Gasteiger partial charge >= 0.3 is 0 Å². The average Bonchev–Trinajstić information content (AvgIpc) is 2.47. The summed E-state index contributed by atoms with van der Waals surface area (Å²) in [6.45, 7) is 6.03. The first-order valence-electron chi connectivity index (χ1n) is 4.88. The van der Waals surface area contributed by atoms with E-state index in [9.17, 15) is 4.39 Å². The molecular weight excluding hydrogens is 191 g/mol. The Hall–Kier alpha value is -1.64. The fourth-order valence-corrected chi connectivity index (χ4v) is 1.55. The minimum Gasteiger partial charge on any atom is -0.238 e. The Kier molecular flexibility index (Phi) is 2.31. The van der Waals surface area contributed by atoms with E-state index in [1.54, 1.807) is 12.1 Å². The molecule has 1 aromatic carbocycles. The normalized spacial score (nSPS) is 10.7. The van der Waals surface area contributed by atoms with Crippen molar-refractivity contribution in [3.8, 4) is 5.69 Å². The van der Waals surface area contributed by atoms with Crippen molar-refractivity contribution in [3.05, 3.63) is 47.0 Å². The quantitative estimate of drug-likeness (QED) is 0.698. The number of rotatable bonds is 1. The summed E-state index contributed by atoms with van der Waals surface area (Å²) in [6, 6.07) is 6.35. The van der Waals surface area contributed by atoms with E-state index in [1.165, 1.54) is 17.7 Å². The van der Waals surface area contributed by atoms with Crippen molar-refractivity contribution in [2.75, 3.05) is 0 Å². The summed E-state index contributed by atoms with van der Waals surface area (Å²) in [7, 11) is 0. The molecule has 0 unspecified atom stereocenters. The van der Waals surface area contributed by atoms with Crippen LogP contribution in [0.25, 0.3) is 5.69 Å². The van der Waals surface area contributed by atoms with E-state index in [1.807, 2.05) is 25.5 Å². The van der Waals surface area contributed by atoms with E-state index in [2.05, 4.69) is 5.10 Å². The van der Waals surface area contributed by atoms with Crippen LogP contribution in [0.3, 0.4) is 0 Å². The van der Waals surface area contributed by atoms with Crippen molar-refractivity contribution in [2.24, 2.45) is 0 Å². The molecule has 2 rings (SSSR count). The first-order valence-corrected chi connectivity index (χ1v) is 4.88. The molecule has 0 saturated heterocycles. The summed E-state index contributed by atoms with van der Waals surface area (Å²) in [5.41, 5.74) is 4.18. The largest absolute Gasteiger partial charge is 0.238 e. The van der Waals surface area contributed by atoms with Crippen LogP contribution in [-0.2, 0) is 0 Å². The Morgan fingerprint density at radius 1 is 1.07 bits per heavy atom. The first-order chi connectivity index (χ1) is 7.09. The smallest absolute Gasteiger partial charge is 0.123 e. The highest BCUT2D eigenvalue weighted by atomic mass is 19.1. The van der Waals surface area contributed by atoms with Gasteiger partial charge in [-0.25, -0.2) is 9.07 Å². The molecule has 2 aromatic rings. The van der Waals surface area contributed by atoms with E-state index in [0.29, 0.717) is 0 Å². The van der Waals surface area contributed by atoms with Crippen molar-refractivity contribution in [3.63, 3.8) is 0 Å². The molecule has 0 radical (unpaired) electrons. The highest BCUT2D eigenvalue weighted by molar-refractivity contribution is 5.36. The molecule has 78 valence electrons. The SMILES string of the molecule is Cc1nn(-c2ccc(F)cc2)c(C)c1C. The molecular formula is C12H13FN2. The standard InChI is InChI=1S/C12H13FN2/c1-8-9(2)14-15(10(8)3)12-6-4-11(13)5-7-12/h4-7H,1-3H3. The summed E-state index contributed by atoms with van der Waals surface area (Å²) in [5.74, 6) is -0.225. The van der Waals surface area contributed by atoms with Crippen LogP contribution < -0.4 is 0 Å². The van der Waals surface area contributed by atoms with E-state index in [0.717, 1.165) is 17.1 Å². The van der Waals surface area contributed by atoms with Crippen molar-refractivity contribution in [1.29, 1.82) is 0 Å². The third kappa shape index (κ3) is 1.65. The van der Waals surface area contributed by atoms with Crippen LogP contribution in [0.15, 0.2) is 24.3 Å². The Balaban J connectivity index is 2.54. The zero-order valence-electron chi connectivity index (χ0n) is 9.08. The predicted octanol–water partition coefficient (Wildman–Crippen LogP) is 2.94. The lowest BCUT2D eigenvalue weighted by atomic mass is 10.2. The lowest BCUT2D eigenvalue weighted by Gasteiger charge is -2.03. The van der Waals surface area contributed by atoms with Gasteiger partial charge in [-0.3, -0.25) is 0 Å². The predicted molar refractivity (Wildman–Crippen MR) is 57.7 cm³/mol.